The normalized spacial score (nSPS) is 15.9. The van der Waals surface area contributed by atoms with E-state index in [1.54, 1.807) is 0 Å². The molecule has 4 heteroatoms. The smallest absolute Gasteiger partial charge is 0.164 e. The highest BCUT2D eigenvalue weighted by Crippen LogP contribution is 2.54. The number of furan rings is 1. The van der Waals surface area contributed by atoms with Crippen molar-refractivity contribution in [3.8, 4) is 45.3 Å². The number of nitrogens with zero attached hydrogens (tertiary/aromatic N) is 3. The Kier molecular flexibility index (Phi) is 7.57. The average molecular weight is 826 g/mol. The Labute approximate surface area is 372 Å². The summed E-state index contributed by atoms with van der Waals surface area (Å²) >= 11 is 0. The lowest BCUT2D eigenvalue weighted by atomic mass is 9.63. The highest BCUT2D eigenvalue weighted by Gasteiger charge is 2.39. The zero-order valence-electron chi connectivity index (χ0n) is 37.1. The first-order chi connectivity index (χ1) is 31.0. The number of rotatable bonds is 3. The van der Waals surface area contributed by atoms with Crippen molar-refractivity contribution in [2.45, 2.75) is 70.6 Å². The highest BCUT2D eigenvalue weighted by molar-refractivity contribution is 6.26. The first kappa shape index (κ1) is 37.4. The van der Waals surface area contributed by atoms with E-state index in [0.29, 0.717) is 17.5 Å². The minimum absolute atomic E-state index is 0.0178. The predicted octanol–water partition coefficient (Wildman–Crippen LogP) is 16.0. The maximum absolute atomic E-state index is 6.78. The van der Waals surface area contributed by atoms with Gasteiger partial charge in [-0.05, 0) is 124 Å². The molecule has 0 fully saturated rings. The minimum Gasteiger partial charge on any atom is -0.456 e. The van der Waals surface area contributed by atoms with Crippen LogP contribution in [0.1, 0.15) is 76.6 Å². The number of fused-ring (bicyclic) bond motifs is 15. The standard InChI is InChI=1S/C60H47N3O/c1-58(2)30-31-59(3,4)48-32-36(25-28-47(48)58)55-61-56(43-19-13-21-49-52(43)53-50(64-49)29-27-42-41-18-11-12-20-46(41)60(5,6)54(42)53)63-57(62-55)45-33-44-40(38-16-9-10-17-39(38)45)26-24-35-23-22-34-14-7-8-15-37(34)51(35)44/h7-29,32-33H,30-31H2,1-6H3. The molecule has 11 aromatic rings. The van der Waals surface area contributed by atoms with Crippen molar-refractivity contribution in [2.75, 3.05) is 0 Å². The van der Waals surface area contributed by atoms with Gasteiger partial charge in [-0.1, -0.05) is 169 Å². The summed E-state index contributed by atoms with van der Waals surface area (Å²) in [5, 5.41) is 11.7. The third-order valence-electron chi connectivity index (χ3n) is 15.2. The van der Waals surface area contributed by atoms with Gasteiger partial charge in [0.2, 0.25) is 0 Å². The van der Waals surface area contributed by atoms with Crippen LogP contribution in [0, 0.1) is 0 Å². The Morgan fingerprint density at radius 3 is 1.88 bits per heavy atom. The lowest BCUT2D eigenvalue weighted by Crippen LogP contribution is -2.33. The number of aromatic nitrogens is 3. The van der Waals surface area contributed by atoms with Crippen LogP contribution < -0.4 is 0 Å². The SMILES string of the molecule is CC1(C)CCC(C)(C)c2cc(-c3nc(-c4cc5c(ccc6ccc7ccccc7c65)c5ccccc45)nc(-c4cccc5oc6ccc7c(c6c45)C(C)(C)c4ccccc4-7)n3)ccc21. The van der Waals surface area contributed by atoms with Crippen LogP contribution in [0.5, 0.6) is 0 Å². The molecular formula is C60H47N3O. The van der Waals surface area contributed by atoms with Crippen molar-refractivity contribution >= 4 is 65.0 Å². The van der Waals surface area contributed by atoms with Crippen molar-refractivity contribution in [2.24, 2.45) is 0 Å². The molecule has 2 aliphatic carbocycles. The van der Waals surface area contributed by atoms with Crippen LogP contribution in [0.4, 0.5) is 0 Å². The molecule has 2 heterocycles. The maximum Gasteiger partial charge on any atom is 0.164 e. The third kappa shape index (κ3) is 5.20. The molecule has 0 bridgehead atoms. The summed E-state index contributed by atoms with van der Waals surface area (Å²) < 4.78 is 6.78. The van der Waals surface area contributed by atoms with Gasteiger partial charge in [-0.15, -0.1) is 0 Å². The fraction of sp³-hybridized carbons (Fsp3) is 0.183. The first-order valence-corrected chi connectivity index (χ1v) is 22.7. The van der Waals surface area contributed by atoms with Gasteiger partial charge in [0.05, 0.1) is 0 Å². The summed E-state index contributed by atoms with van der Waals surface area (Å²) in [6.45, 7) is 14.2. The molecule has 4 nitrogen and oxygen atoms in total. The van der Waals surface area contributed by atoms with E-state index in [9.17, 15) is 0 Å². The largest absolute Gasteiger partial charge is 0.456 e. The van der Waals surface area contributed by atoms with E-state index in [-0.39, 0.29) is 16.2 Å². The first-order valence-electron chi connectivity index (χ1n) is 22.7. The van der Waals surface area contributed by atoms with Crippen molar-refractivity contribution < 1.29 is 4.42 Å². The fourth-order valence-electron chi connectivity index (χ4n) is 11.7. The van der Waals surface area contributed by atoms with Crippen molar-refractivity contribution in [3.05, 3.63) is 174 Å². The summed E-state index contributed by atoms with van der Waals surface area (Å²) in [5.41, 5.74) is 12.4. The Hall–Kier alpha value is -7.17. The van der Waals surface area contributed by atoms with Crippen LogP contribution in [0.25, 0.3) is 110 Å². The summed E-state index contributed by atoms with van der Waals surface area (Å²) in [6.07, 6.45) is 2.27. The second kappa shape index (κ2) is 13.0. The van der Waals surface area contributed by atoms with Gasteiger partial charge in [-0.2, -0.15) is 0 Å². The molecule has 0 N–H and O–H groups in total. The topological polar surface area (TPSA) is 51.8 Å². The molecule has 0 unspecified atom stereocenters. The number of hydrogen-bond acceptors (Lipinski definition) is 4. The second-order valence-electron chi connectivity index (χ2n) is 20.2. The van der Waals surface area contributed by atoms with Crippen molar-refractivity contribution in [1.82, 2.24) is 15.0 Å². The molecule has 2 aromatic heterocycles. The molecule has 0 atom stereocenters. The monoisotopic (exact) mass is 825 g/mol. The van der Waals surface area contributed by atoms with E-state index in [1.807, 2.05) is 0 Å². The Bertz CT molecular complexity index is 3830. The van der Waals surface area contributed by atoms with Crippen molar-refractivity contribution in [3.63, 3.8) is 0 Å². The van der Waals surface area contributed by atoms with E-state index in [4.69, 9.17) is 19.4 Å². The van der Waals surface area contributed by atoms with Crippen molar-refractivity contribution in [1.29, 1.82) is 0 Å². The Morgan fingerprint density at radius 1 is 0.391 bits per heavy atom. The molecule has 13 rings (SSSR count). The third-order valence-corrected chi connectivity index (χ3v) is 15.2. The molecule has 64 heavy (non-hydrogen) atoms. The Morgan fingerprint density at radius 2 is 1.03 bits per heavy atom. The van der Waals surface area contributed by atoms with Crippen LogP contribution in [0.3, 0.4) is 0 Å². The zero-order valence-corrected chi connectivity index (χ0v) is 37.1. The van der Waals surface area contributed by atoms with E-state index < -0.39 is 0 Å². The maximum atomic E-state index is 6.78. The summed E-state index contributed by atoms with van der Waals surface area (Å²) in [7, 11) is 0. The van der Waals surface area contributed by atoms with E-state index in [0.717, 1.165) is 56.9 Å². The van der Waals surface area contributed by atoms with Gasteiger partial charge in [0.15, 0.2) is 17.5 Å². The quantitative estimate of drug-likeness (QED) is 0.167. The van der Waals surface area contributed by atoms with Gasteiger partial charge in [0.1, 0.15) is 11.2 Å². The van der Waals surface area contributed by atoms with E-state index >= 15 is 0 Å². The molecule has 0 aliphatic heterocycles. The lowest BCUT2D eigenvalue weighted by molar-refractivity contribution is 0.332. The van der Waals surface area contributed by atoms with Gasteiger partial charge in [-0.25, -0.2) is 15.0 Å². The van der Waals surface area contributed by atoms with Gasteiger partial charge < -0.3 is 4.42 Å². The molecule has 2 aliphatic rings. The summed E-state index contributed by atoms with van der Waals surface area (Å²) in [6, 6.07) is 55.3. The molecule has 0 saturated carbocycles. The molecule has 0 amide bonds. The predicted molar refractivity (Wildman–Crippen MR) is 266 cm³/mol. The van der Waals surface area contributed by atoms with E-state index in [2.05, 4.69) is 193 Å². The molecule has 308 valence electrons. The van der Waals surface area contributed by atoms with Crippen LogP contribution in [-0.2, 0) is 16.2 Å². The van der Waals surface area contributed by atoms with Gasteiger partial charge in [0, 0.05) is 32.9 Å². The molecular weight excluding hydrogens is 779 g/mol. The number of hydrogen-bond donors (Lipinski definition) is 0. The van der Waals surface area contributed by atoms with Crippen LogP contribution >= 0.6 is 0 Å². The minimum atomic E-state index is -0.245. The molecule has 0 radical (unpaired) electrons. The van der Waals surface area contributed by atoms with Gasteiger partial charge in [0.25, 0.3) is 0 Å². The van der Waals surface area contributed by atoms with Gasteiger partial charge in [-0.3, -0.25) is 0 Å². The van der Waals surface area contributed by atoms with Crippen LogP contribution in [-0.4, -0.2) is 15.0 Å². The highest BCUT2D eigenvalue weighted by atomic mass is 16.3. The summed E-state index contributed by atoms with van der Waals surface area (Å²) in [5.74, 6) is 1.94. The summed E-state index contributed by atoms with van der Waals surface area (Å²) in [4.78, 5) is 16.6. The lowest BCUT2D eigenvalue weighted by Gasteiger charge is -2.42. The van der Waals surface area contributed by atoms with Gasteiger partial charge >= 0.3 is 0 Å². The number of benzene rings is 9. The Balaban J connectivity index is 1.14. The van der Waals surface area contributed by atoms with Crippen LogP contribution in [0.15, 0.2) is 156 Å². The van der Waals surface area contributed by atoms with E-state index in [1.165, 1.54) is 71.1 Å². The average Bonchev–Trinajstić information content (AvgIpc) is 3.81. The second-order valence-corrected chi connectivity index (χ2v) is 20.2. The molecule has 0 saturated heterocycles. The van der Waals surface area contributed by atoms with Crippen LogP contribution in [0.2, 0.25) is 0 Å². The molecule has 9 aromatic carbocycles. The molecule has 0 spiro atoms. The zero-order chi connectivity index (χ0) is 43.3. The fourth-order valence-corrected chi connectivity index (χ4v) is 11.7.